The second-order valence-electron chi connectivity index (χ2n) is 8.31. The molecule has 0 radical (unpaired) electrons. The van der Waals surface area contributed by atoms with Crippen LogP contribution in [0, 0.1) is 11.3 Å². The van der Waals surface area contributed by atoms with Gasteiger partial charge < -0.3 is 14.7 Å². The first kappa shape index (κ1) is 23.0. The highest BCUT2D eigenvalue weighted by Gasteiger charge is 2.34. The number of pyridine rings is 1. The number of aromatic nitrogens is 3. The molecule has 0 saturated heterocycles. The molecule has 1 aliphatic rings. The van der Waals surface area contributed by atoms with E-state index in [1.807, 2.05) is 12.1 Å². The number of fused-ring (bicyclic) bond motifs is 1. The van der Waals surface area contributed by atoms with Crippen molar-refractivity contribution in [2.75, 3.05) is 11.6 Å². The van der Waals surface area contributed by atoms with E-state index in [-0.39, 0.29) is 33.5 Å². The summed E-state index contributed by atoms with van der Waals surface area (Å²) in [5.74, 6) is 0.109. The standard InChI is InChI=1S/C22H20N6O5S2/c1-34(29,30)19-12-26-22(33-19)18-11-25-21-17(5-6-24-21)20(18)27-14-8-15(9-14)28-35(31,32)16-4-2-3-13(7-16)10-23/h2-7,11-12,14-15,28H,8-9H2,1H3,(H2,24,25,27)/t14-,15+. The number of oxazole rings is 1. The Balaban J connectivity index is 1.35. The van der Waals surface area contributed by atoms with Gasteiger partial charge in [-0.05, 0) is 37.1 Å². The zero-order chi connectivity index (χ0) is 24.8. The maximum Gasteiger partial charge on any atom is 0.240 e. The third-order valence-corrected chi connectivity index (χ3v) is 8.19. The van der Waals surface area contributed by atoms with E-state index in [0.29, 0.717) is 29.7 Å². The Labute approximate surface area is 201 Å². The van der Waals surface area contributed by atoms with Crippen LogP contribution in [0.4, 0.5) is 5.69 Å². The zero-order valence-corrected chi connectivity index (χ0v) is 20.0. The molecule has 1 aliphatic carbocycles. The minimum Gasteiger partial charge on any atom is -0.425 e. The minimum absolute atomic E-state index is 0.0454. The molecule has 0 aliphatic heterocycles. The van der Waals surface area contributed by atoms with Crippen LogP contribution in [0.25, 0.3) is 22.5 Å². The Hall–Kier alpha value is -3.73. The van der Waals surface area contributed by atoms with E-state index in [0.717, 1.165) is 17.8 Å². The lowest BCUT2D eigenvalue weighted by Crippen LogP contribution is -2.49. The summed E-state index contributed by atoms with van der Waals surface area (Å²) in [4.78, 5) is 11.5. The van der Waals surface area contributed by atoms with Crippen LogP contribution in [0.2, 0.25) is 0 Å². The monoisotopic (exact) mass is 512 g/mol. The quantitative estimate of drug-likeness (QED) is 0.336. The van der Waals surface area contributed by atoms with E-state index in [4.69, 9.17) is 9.68 Å². The summed E-state index contributed by atoms with van der Waals surface area (Å²) >= 11 is 0. The first-order valence-corrected chi connectivity index (χ1v) is 13.9. The average Bonchev–Trinajstić information content (AvgIpc) is 3.47. The molecule has 0 amide bonds. The number of hydrogen-bond donors (Lipinski definition) is 3. The number of H-pyrrole nitrogens is 1. The van der Waals surface area contributed by atoms with Gasteiger partial charge in [-0.3, -0.25) is 0 Å². The van der Waals surface area contributed by atoms with Crippen LogP contribution < -0.4 is 10.0 Å². The van der Waals surface area contributed by atoms with Gasteiger partial charge in [-0.25, -0.2) is 31.5 Å². The predicted molar refractivity (Wildman–Crippen MR) is 127 cm³/mol. The van der Waals surface area contributed by atoms with Gasteiger partial charge in [0.25, 0.3) is 0 Å². The lowest BCUT2D eigenvalue weighted by molar-refractivity contribution is 0.346. The van der Waals surface area contributed by atoms with Crippen molar-refractivity contribution in [3.8, 4) is 17.5 Å². The number of hydrogen-bond acceptors (Lipinski definition) is 9. The number of nitrogens with zero attached hydrogens (tertiary/aromatic N) is 3. The van der Waals surface area contributed by atoms with Gasteiger partial charge >= 0.3 is 0 Å². The maximum absolute atomic E-state index is 12.7. The Kier molecular flexibility index (Phi) is 5.59. The number of rotatable bonds is 7. The molecule has 1 fully saturated rings. The fourth-order valence-electron chi connectivity index (χ4n) is 3.94. The third kappa shape index (κ3) is 4.51. The van der Waals surface area contributed by atoms with E-state index in [1.165, 1.54) is 18.2 Å². The van der Waals surface area contributed by atoms with Crippen molar-refractivity contribution in [1.82, 2.24) is 19.7 Å². The highest BCUT2D eigenvalue weighted by molar-refractivity contribution is 7.90. The molecule has 3 heterocycles. The molecule has 0 atom stereocenters. The number of anilines is 1. The van der Waals surface area contributed by atoms with Gasteiger partial charge in [0.1, 0.15) is 5.65 Å². The molecule has 11 nitrogen and oxygen atoms in total. The summed E-state index contributed by atoms with van der Waals surface area (Å²) in [7, 11) is -7.33. The molecule has 1 saturated carbocycles. The van der Waals surface area contributed by atoms with Crippen LogP contribution in [-0.4, -0.2) is 50.1 Å². The molecule has 180 valence electrons. The van der Waals surface area contributed by atoms with E-state index in [2.05, 4.69) is 25.0 Å². The smallest absolute Gasteiger partial charge is 0.240 e. The average molecular weight is 513 g/mol. The second-order valence-corrected chi connectivity index (χ2v) is 12.0. The summed E-state index contributed by atoms with van der Waals surface area (Å²) < 4.78 is 57.2. The number of nitriles is 1. The molecule has 4 aromatic rings. The van der Waals surface area contributed by atoms with Gasteiger partial charge in [0.15, 0.2) is 0 Å². The van der Waals surface area contributed by atoms with Crippen LogP contribution in [0.1, 0.15) is 18.4 Å². The van der Waals surface area contributed by atoms with Gasteiger partial charge in [0, 0.05) is 36.1 Å². The van der Waals surface area contributed by atoms with Crippen LogP contribution >= 0.6 is 0 Å². The van der Waals surface area contributed by atoms with Crippen LogP contribution in [0.3, 0.4) is 0 Å². The molecule has 35 heavy (non-hydrogen) atoms. The first-order valence-electron chi connectivity index (χ1n) is 10.6. The normalized spacial score (nSPS) is 18.2. The highest BCUT2D eigenvalue weighted by atomic mass is 32.2. The van der Waals surface area contributed by atoms with Crippen molar-refractivity contribution < 1.29 is 21.3 Å². The van der Waals surface area contributed by atoms with Gasteiger partial charge in [-0.2, -0.15) is 5.26 Å². The molecule has 3 N–H and O–H groups in total. The molecule has 0 bridgehead atoms. The maximum atomic E-state index is 12.7. The van der Waals surface area contributed by atoms with Crippen molar-refractivity contribution >= 4 is 36.6 Å². The van der Waals surface area contributed by atoms with Gasteiger partial charge in [-0.15, -0.1) is 0 Å². The molecule has 0 unspecified atom stereocenters. The molecule has 1 aromatic carbocycles. The summed E-state index contributed by atoms with van der Waals surface area (Å²) in [6, 6.07) is 9.29. The van der Waals surface area contributed by atoms with Crippen molar-refractivity contribution in [2.45, 2.75) is 34.9 Å². The van der Waals surface area contributed by atoms with Crippen molar-refractivity contribution in [3.63, 3.8) is 0 Å². The Bertz CT molecular complexity index is 1680. The van der Waals surface area contributed by atoms with Gasteiger partial charge in [-0.1, -0.05) is 6.07 Å². The number of aromatic amines is 1. The summed E-state index contributed by atoms with van der Waals surface area (Å²) in [6.07, 6.45) is 6.51. The van der Waals surface area contributed by atoms with Crippen molar-refractivity contribution in [2.24, 2.45) is 0 Å². The first-order chi connectivity index (χ1) is 16.6. The highest BCUT2D eigenvalue weighted by Crippen LogP contribution is 2.36. The number of nitrogens with one attached hydrogen (secondary N) is 3. The number of sulfone groups is 1. The molecular formula is C22H20N6O5S2. The van der Waals surface area contributed by atoms with Gasteiger partial charge in [0.05, 0.1) is 34.0 Å². The minimum atomic E-state index is -3.76. The fourth-order valence-corrected chi connectivity index (χ4v) is 5.72. The zero-order valence-electron chi connectivity index (χ0n) is 18.4. The third-order valence-electron chi connectivity index (χ3n) is 5.75. The largest absolute Gasteiger partial charge is 0.425 e. The van der Waals surface area contributed by atoms with E-state index < -0.39 is 19.9 Å². The lowest BCUT2D eigenvalue weighted by Gasteiger charge is -2.37. The van der Waals surface area contributed by atoms with Crippen molar-refractivity contribution in [1.29, 1.82) is 5.26 Å². The molecule has 13 heteroatoms. The topological polar surface area (TPSA) is 171 Å². The van der Waals surface area contributed by atoms with Gasteiger partial charge in [0.2, 0.25) is 30.8 Å². The Morgan fingerprint density at radius 3 is 2.63 bits per heavy atom. The predicted octanol–water partition coefficient (Wildman–Crippen LogP) is 2.41. The summed E-state index contributed by atoms with van der Waals surface area (Å²) in [6.45, 7) is 0. The summed E-state index contributed by atoms with van der Waals surface area (Å²) in [5.41, 5.74) is 2.04. The summed E-state index contributed by atoms with van der Waals surface area (Å²) in [5, 5.41) is 13.0. The molecule has 3 aromatic heterocycles. The fraction of sp³-hybridized carbons (Fsp3) is 0.227. The van der Waals surface area contributed by atoms with E-state index >= 15 is 0 Å². The second kappa shape index (κ2) is 8.49. The Morgan fingerprint density at radius 1 is 1.11 bits per heavy atom. The van der Waals surface area contributed by atoms with Crippen LogP contribution in [0.5, 0.6) is 0 Å². The SMILES string of the molecule is CS(=O)(=O)c1cnc(-c2cnc3[nH]ccc3c2N[C@H]2C[C@@H](NS(=O)(=O)c3cccc(C#N)c3)C2)o1. The molecular weight excluding hydrogens is 492 g/mol. The molecule has 5 rings (SSSR count). The van der Waals surface area contributed by atoms with E-state index in [9.17, 15) is 16.8 Å². The number of benzene rings is 1. The Morgan fingerprint density at radius 2 is 1.91 bits per heavy atom. The number of sulfonamides is 1. The van der Waals surface area contributed by atoms with Crippen LogP contribution in [-0.2, 0) is 19.9 Å². The molecule has 0 spiro atoms. The van der Waals surface area contributed by atoms with Crippen LogP contribution in [0.15, 0.2) is 63.3 Å². The lowest BCUT2D eigenvalue weighted by atomic mass is 9.87. The van der Waals surface area contributed by atoms with E-state index in [1.54, 1.807) is 18.5 Å². The van der Waals surface area contributed by atoms with Crippen molar-refractivity contribution in [3.05, 3.63) is 54.5 Å².